The van der Waals surface area contributed by atoms with Gasteiger partial charge in [0, 0.05) is 26.2 Å². The Labute approximate surface area is 123 Å². The highest BCUT2D eigenvalue weighted by atomic mass is 32.1. The van der Waals surface area contributed by atoms with Crippen molar-refractivity contribution in [2.24, 2.45) is 10.9 Å². The molecular weight excluding hydrogens is 272 g/mol. The minimum Gasteiger partial charge on any atom is -0.356 e. The number of carbonyl (C=O) groups is 1. The van der Waals surface area contributed by atoms with Crippen LogP contribution in [0, 0.1) is 5.92 Å². The van der Waals surface area contributed by atoms with E-state index in [1.807, 2.05) is 17.5 Å². The molecule has 2 unspecified atom stereocenters. The van der Waals surface area contributed by atoms with Crippen LogP contribution in [0.3, 0.4) is 0 Å². The fraction of sp³-hybridized carbons (Fsp3) is 0.571. The van der Waals surface area contributed by atoms with Crippen LogP contribution in [0.25, 0.3) is 0 Å². The molecule has 5 nitrogen and oxygen atoms in total. The topological polar surface area (TPSA) is 65.5 Å². The number of guanidine groups is 1. The molecule has 0 radical (unpaired) electrons. The molecule has 6 heteroatoms. The second kappa shape index (κ2) is 7.28. The average molecular weight is 294 g/mol. The number of thiophene rings is 1. The van der Waals surface area contributed by atoms with Crippen molar-refractivity contribution in [3.05, 3.63) is 22.4 Å². The van der Waals surface area contributed by atoms with E-state index in [0.717, 1.165) is 29.7 Å². The zero-order valence-electron chi connectivity index (χ0n) is 12.0. The van der Waals surface area contributed by atoms with Gasteiger partial charge in [0.25, 0.3) is 5.91 Å². The van der Waals surface area contributed by atoms with Gasteiger partial charge in [-0.1, -0.05) is 13.0 Å². The molecule has 0 aliphatic heterocycles. The lowest BCUT2D eigenvalue weighted by molar-refractivity contribution is 0.0957. The molecule has 1 saturated carbocycles. The van der Waals surface area contributed by atoms with Crippen LogP contribution in [-0.4, -0.2) is 38.0 Å². The van der Waals surface area contributed by atoms with E-state index >= 15 is 0 Å². The fourth-order valence-electron chi connectivity index (χ4n) is 1.89. The number of carbonyl (C=O) groups excluding carboxylic acids is 1. The summed E-state index contributed by atoms with van der Waals surface area (Å²) >= 11 is 1.46. The second-order valence-corrected chi connectivity index (χ2v) is 6.00. The van der Waals surface area contributed by atoms with Crippen molar-refractivity contribution in [3.8, 4) is 0 Å². The van der Waals surface area contributed by atoms with E-state index < -0.39 is 0 Å². The average Bonchev–Trinajstić information content (AvgIpc) is 2.95. The Morgan fingerprint density at radius 2 is 2.20 bits per heavy atom. The van der Waals surface area contributed by atoms with Crippen LogP contribution in [-0.2, 0) is 0 Å². The molecule has 0 spiro atoms. The number of hydrogen-bond donors (Lipinski definition) is 3. The normalized spacial score (nSPS) is 21.4. The quantitative estimate of drug-likeness (QED) is 0.422. The van der Waals surface area contributed by atoms with Crippen molar-refractivity contribution in [1.29, 1.82) is 0 Å². The summed E-state index contributed by atoms with van der Waals surface area (Å²) in [7, 11) is 1.78. The third kappa shape index (κ3) is 4.52. The molecule has 1 fully saturated rings. The molecular formula is C14H22N4OS. The Morgan fingerprint density at radius 1 is 1.45 bits per heavy atom. The summed E-state index contributed by atoms with van der Waals surface area (Å²) in [5.41, 5.74) is 0. The monoisotopic (exact) mass is 294 g/mol. The van der Waals surface area contributed by atoms with Gasteiger partial charge in [-0.25, -0.2) is 0 Å². The van der Waals surface area contributed by atoms with Crippen molar-refractivity contribution in [3.63, 3.8) is 0 Å². The maximum atomic E-state index is 11.7. The first-order valence-corrected chi connectivity index (χ1v) is 7.87. The van der Waals surface area contributed by atoms with Crippen molar-refractivity contribution in [2.45, 2.75) is 25.8 Å². The maximum Gasteiger partial charge on any atom is 0.261 e. The summed E-state index contributed by atoms with van der Waals surface area (Å²) in [6.07, 6.45) is 2.09. The van der Waals surface area contributed by atoms with Crippen LogP contribution < -0.4 is 16.0 Å². The molecule has 110 valence electrons. The van der Waals surface area contributed by atoms with Crippen LogP contribution >= 0.6 is 11.3 Å². The molecule has 2 atom stereocenters. The maximum absolute atomic E-state index is 11.7. The zero-order valence-corrected chi connectivity index (χ0v) is 12.8. The van der Waals surface area contributed by atoms with Crippen LogP contribution in [0.5, 0.6) is 0 Å². The lowest BCUT2D eigenvalue weighted by Gasteiger charge is -2.11. The van der Waals surface area contributed by atoms with Crippen LogP contribution in [0.1, 0.15) is 29.4 Å². The SMILES string of the molecule is CN=C(NCCCNC(=O)c1cccs1)NC1CC1C. The first kappa shape index (κ1) is 14.8. The van der Waals surface area contributed by atoms with Gasteiger partial charge in [-0.05, 0) is 30.2 Å². The van der Waals surface area contributed by atoms with Crippen LogP contribution in [0.15, 0.2) is 22.5 Å². The molecule has 3 N–H and O–H groups in total. The number of nitrogens with one attached hydrogen (secondary N) is 3. The molecule has 1 amide bonds. The minimum absolute atomic E-state index is 0.00862. The number of amides is 1. The lowest BCUT2D eigenvalue weighted by Crippen LogP contribution is -2.40. The first-order valence-electron chi connectivity index (χ1n) is 6.99. The van der Waals surface area contributed by atoms with E-state index in [9.17, 15) is 4.79 Å². The van der Waals surface area contributed by atoms with Gasteiger partial charge < -0.3 is 16.0 Å². The van der Waals surface area contributed by atoms with Gasteiger partial charge in [0.05, 0.1) is 4.88 Å². The Bertz CT molecular complexity index is 458. The van der Waals surface area contributed by atoms with Crippen LogP contribution in [0.4, 0.5) is 0 Å². The summed E-state index contributed by atoms with van der Waals surface area (Å²) in [5.74, 6) is 1.61. The van der Waals surface area contributed by atoms with Crippen molar-refractivity contribution >= 4 is 23.2 Å². The van der Waals surface area contributed by atoms with Crippen molar-refractivity contribution in [2.75, 3.05) is 20.1 Å². The van der Waals surface area contributed by atoms with Gasteiger partial charge in [0.15, 0.2) is 5.96 Å². The summed E-state index contributed by atoms with van der Waals surface area (Å²) in [6.45, 7) is 3.69. The standard InChI is InChI=1S/C14H22N4OS/c1-10-9-11(10)18-14(15-2)17-7-4-6-16-13(19)12-5-3-8-20-12/h3,5,8,10-11H,4,6-7,9H2,1-2H3,(H,16,19)(H2,15,17,18). The molecule has 1 aromatic rings. The van der Waals surface area contributed by atoms with E-state index in [1.165, 1.54) is 17.8 Å². The van der Waals surface area contributed by atoms with Gasteiger partial charge in [0.1, 0.15) is 0 Å². The molecule has 1 aliphatic carbocycles. The molecule has 0 saturated heterocycles. The molecule has 0 bridgehead atoms. The highest BCUT2D eigenvalue weighted by Gasteiger charge is 2.33. The van der Waals surface area contributed by atoms with Gasteiger partial charge >= 0.3 is 0 Å². The van der Waals surface area contributed by atoms with Crippen molar-refractivity contribution in [1.82, 2.24) is 16.0 Å². The van der Waals surface area contributed by atoms with Gasteiger partial charge in [-0.3, -0.25) is 9.79 Å². The first-order chi connectivity index (χ1) is 9.70. The van der Waals surface area contributed by atoms with E-state index in [4.69, 9.17) is 0 Å². The smallest absolute Gasteiger partial charge is 0.261 e. The number of rotatable bonds is 6. The highest BCUT2D eigenvalue weighted by Crippen LogP contribution is 2.28. The van der Waals surface area contributed by atoms with E-state index in [2.05, 4.69) is 27.9 Å². The minimum atomic E-state index is 0.00862. The Morgan fingerprint density at radius 3 is 2.80 bits per heavy atom. The van der Waals surface area contributed by atoms with Crippen molar-refractivity contribution < 1.29 is 4.79 Å². The summed E-state index contributed by atoms with van der Waals surface area (Å²) in [5, 5.41) is 11.4. The second-order valence-electron chi connectivity index (χ2n) is 5.05. The highest BCUT2D eigenvalue weighted by molar-refractivity contribution is 7.12. The zero-order chi connectivity index (χ0) is 14.4. The molecule has 0 aromatic carbocycles. The van der Waals surface area contributed by atoms with Gasteiger partial charge in [-0.15, -0.1) is 11.3 Å². The number of hydrogen-bond acceptors (Lipinski definition) is 3. The Kier molecular flexibility index (Phi) is 5.40. The Hall–Kier alpha value is -1.56. The van der Waals surface area contributed by atoms with Crippen LogP contribution in [0.2, 0.25) is 0 Å². The number of aliphatic imine (C=N–C) groups is 1. The summed E-state index contributed by atoms with van der Waals surface area (Å²) < 4.78 is 0. The third-order valence-electron chi connectivity index (χ3n) is 3.33. The molecule has 1 heterocycles. The number of nitrogens with zero attached hydrogens (tertiary/aromatic N) is 1. The van der Waals surface area contributed by atoms with E-state index in [-0.39, 0.29) is 5.91 Å². The summed E-state index contributed by atoms with van der Waals surface area (Å²) in [6, 6.07) is 4.29. The van der Waals surface area contributed by atoms with E-state index in [1.54, 1.807) is 7.05 Å². The van der Waals surface area contributed by atoms with E-state index in [0.29, 0.717) is 12.6 Å². The predicted molar refractivity (Wildman–Crippen MR) is 83.3 cm³/mol. The third-order valence-corrected chi connectivity index (χ3v) is 4.20. The molecule has 1 aromatic heterocycles. The predicted octanol–water partition coefficient (Wildman–Crippen LogP) is 1.44. The molecule has 2 rings (SSSR count). The fourth-order valence-corrected chi connectivity index (χ4v) is 2.53. The lowest BCUT2D eigenvalue weighted by atomic mass is 10.4. The largest absolute Gasteiger partial charge is 0.356 e. The molecule has 20 heavy (non-hydrogen) atoms. The summed E-state index contributed by atoms with van der Waals surface area (Å²) in [4.78, 5) is 16.6. The molecule has 1 aliphatic rings. The van der Waals surface area contributed by atoms with Gasteiger partial charge in [0.2, 0.25) is 0 Å². The van der Waals surface area contributed by atoms with Gasteiger partial charge in [-0.2, -0.15) is 0 Å². The Balaban J connectivity index is 1.55.